The minimum atomic E-state index is -4.06. The molecule has 0 spiro atoms. The monoisotopic (exact) mass is 880 g/mol. The number of aromatic nitrogens is 3. The Balaban J connectivity index is 1.27. The molecule has 0 radical (unpaired) electrons. The van der Waals surface area contributed by atoms with Gasteiger partial charge in [0.15, 0.2) is 0 Å². The summed E-state index contributed by atoms with van der Waals surface area (Å²) in [5.41, 5.74) is 5.66. The van der Waals surface area contributed by atoms with Crippen molar-refractivity contribution in [1.29, 1.82) is 0 Å². The van der Waals surface area contributed by atoms with Crippen molar-refractivity contribution in [2.75, 3.05) is 13.3 Å². The van der Waals surface area contributed by atoms with Gasteiger partial charge in [0.2, 0.25) is 30.1 Å². The van der Waals surface area contributed by atoms with E-state index >= 15 is 0 Å². The molecule has 0 saturated carbocycles. The Labute approximate surface area is 358 Å². The maximum Gasteiger partial charge on any atom is 0.244 e. The van der Waals surface area contributed by atoms with E-state index in [2.05, 4.69) is 10.6 Å². The van der Waals surface area contributed by atoms with Crippen molar-refractivity contribution in [3.05, 3.63) is 178 Å². The number of fused-ring (bicyclic) bond motifs is 6. The van der Waals surface area contributed by atoms with Crippen molar-refractivity contribution in [2.45, 2.75) is 74.7 Å². The van der Waals surface area contributed by atoms with Gasteiger partial charge in [0.25, 0.3) is 0 Å². The van der Waals surface area contributed by atoms with E-state index in [1.54, 1.807) is 127 Å². The van der Waals surface area contributed by atoms with Crippen molar-refractivity contribution in [3.8, 4) is 0 Å². The van der Waals surface area contributed by atoms with Crippen molar-refractivity contribution < 1.29 is 25.3 Å². The van der Waals surface area contributed by atoms with Gasteiger partial charge in [0.1, 0.15) is 0 Å². The SMILES string of the molecule is Cc1ccc(S(=O)(=O)N2CNCc3cccc(n3)CN(S(=O)(=O)c3ccc(C)cc3)Cc3cccc(n3)CNCN(S(=O)(=O)c3ccc(C)cc3)Cc3cccc(n3)C2)cc1. The second-order valence-electron chi connectivity index (χ2n) is 15.0. The topological polar surface area (TPSA) is 175 Å². The Kier molecular flexibility index (Phi) is 13.5. The summed E-state index contributed by atoms with van der Waals surface area (Å²) in [6.07, 6.45) is 0. The van der Waals surface area contributed by atoms with Crippen molar-refractivity contribution in [3.63, 3.8) is 0 Å². The Bertz CT molecular complexity index is 2660. The van der Waals surface area contributed by atoms with Crippen LogP contribution in [-0.2, 0) is 69.3 Å². The zero-order valence-electron chi connectivity index (χ0n) is 34.1. The van der Waals surface area contributed by atoms with Crippen LogP contribution in [-0.4, -0.2) is 66.5 Å². The molecule has 2 N–H and O–H groups in total. The van der Waals surface area contributed by atoms with Crippen molar-refractivity contribution in [1.82, 2.24) is 38.5 Å². The Hall–Kier alpha value is -5.24. The van der Waals surface area contributed by atoms with E-state index < -0.39 is 30.1 Å². The van der Waals surface area contributed by atoms with Crippen LogP contribution < -0.4 is 10.6 Å². The number of nitrogens with one attached hydrogen (secondary N) is 2. The number of sulfonamides is 3. The summed E-state index contributed by atoms with van der Waals surface area (Å²) >= 11 is 0. The molecular formula is C44H48N8O6S3. The molecule has 4 heterocycles. The maximum absolute atomic E-state index is 14.3. The van der Waals surface area contributed by atoms with E-state index in [1.165, 1.54) is 12.9 Å². The molecule has 6 aromatic rings. The molecule has 3 aromatic heterocycles. The van der Waals surface area contributed by atoms with E-state index in [0.29, 0.717) is 34.2 Å². The second kappa shape index (κ2) is 18.8. The van der Waals surface area contributed by atoms with Crippen LogP contribution in [0.4, 0.5) is 0 Å². The highest BCUT2D eigenvalue weighted by atomic mass is 32.2. The zero-order chi connectivity index (χ0) is 43.2. The third-order valence-corrected chi connectivity index (χ3v) is 15.5. The van der Waals surface area contributed by atoms with Crippen LogP contribution in [0.1, 0.15) is 50.9 Å². The number of hydrogen-bond acceptors (Lipinski definition) is 11. The lowest BCUT2D eigenvalue weighted by Crippen LogP contribution is -2.39. The highest BCUT2D eigenvalue weighted by molar-refractivity contribution is 7.89. The quantitative estimate of drug-likeness (QED) is 0.220. The van der Waals surface area contributed by atoms with Gasteiger partial charge in [0.05, 0.1) is 88.4 Å². The van der Waals surface area contributed by atoms with Gasteiger partial charge in [-0.05, 0) is 93.6 Å². The molecule has 0 saturated heterocycles. The first-order valence-electron chi connectivity index (χ1n) is 19.6. The zero-order valence-corrected chi connectivity index (χ0v) is 36.6. The van der Waals surface area contributed by atoms with Gasteiger partial charge in [0, 0.05) is 13.1 Å². The summed E-state index contributed by atoms with van der Waals surface area (Å²) in [6.45, 7) is 5.32. The van der Waals surface area contributed by atoms with Crippen LogP contribution in [0.15, 0.2) is 142 Å². The molecule has 61 heavy (non-hydrogen) atoms. The van der Waals surface area contributed by atoms with Crippen LogP contribution in [0.25, 0.3) is 0 Å². The van der Waals surface area contributed by atoms with Gasteiger partial charge in [-0.3, -0.25) is 25.6 Å². The average Bonchev–Trinajstić information content (AvgIpc) is 3.23. The number of hydrogen-bond donors (Lipinski definition) is 2. The number of nitrogens with zero attached hydrogens (tertiary/aromatic N) is 6. The Morgan fingerprint density at radius 2 is 0.639 bits per heavy atom. The summed E-state index contributed by atoms with van der Waals surface area (Å²) in [5.74, 6) is 0. The summed E-state index contributed by atoms with van der Waals surface area (Å²) in [7, 11) is -12.2. The van der Waals surface area contributed by atoms with E-state index in [9.17, 15) is 25.3 Å². The lowest BCUT2D eigenvalue weighted by atomic mass is 10.2. The molecule has 14 nitrogen and oxygen atoms in total. The second-order valence-corrected chi connectivity index (χ2v) is 20.8. The lowest BCUT2D eigenvalue weighted by Gasteiger charge is -2.25. The predicted octanol–water partition coefficient (Wildman–Crippen LogP) is 5.38. The maximum atomic E-state index is 14.3. The minimum Gasteiger partial charge on any atom is -0.298 e. The number of aryl methyl sites for hydroxylation is 3. The Morgan fingerprint density at radius 3 is 0.967 bits per heavy atom. The van der Waals surface area contributed by atoms with Gasteiger partial charge < -0.3 is 0 Å². The molecule has 0 amide bonds. The fraction of sp³-hybridized carbons (Fsp3) is 0.250. The molecule has 3 aromatic carbocycles. The van der Waals surface area contributed by atoms with Crippen LogP contribution in [0.3, 0.4) is 0 Å². The first-order chi connectivity index (χ1) is 29.2. The van der Waals surface area contributed by atoms with Gasteiger partial charge in [-0.2, -0.15) is 12.9 Å². The third-order valence-electron chi connectivity index (χ3n) is 10.1. The highest BCUT2D eigenvalue weighted by Crippen LogP contribution is 2.23. The fourth-order valence-electron chi connectivity index (χ4n) is 6.73. The highest BCUT2D eigenvalue weighted by Gasteiger charge is 2.29. The third kappa shape index (κ3) is 10.8. The fourth-order valence-corrected chi connectivity index (χ4v) is 10.8. The summed E-state index contributed by atoms with van der Waals surface area (Å²) in [6, 6.07) is 35.6. The molecule has 17 heteroatoms. The summed E-state index contributed by atoms with van der Waals surface area (Å²) in [4.78, 5) is 14.7. The molecule has 1 aliphatic rings. The largest absolute Gasteiger partial charge is 0.298 e. The molecule has 6 bridgehead atoms. The lowest BCUT2D eigenvalue weighted by molar-refractivity contribution is 0.360. The molecule has 0 unspecified atom stereocenters. The molecule has 7 rings (SSSR count). The van der Waals surface area contributed by atoms with Gasteiger partial charge >= 0.3 is 0 Å². The van der Waals surface area contributed by atoms with Crippen LogP contribution in [0.5, 0.6) is 0 Å². The average molecular weight is 881 g/mol. The molecular weight excluding hydrogens is 833 g/mol. The molecule has 0 fully saturated rings. The first-order valence-corrected chi connectivity index (χ1v) is 24.0. The number of pyridine rings is 3. The van der Waals surface area contributed by atoms with E-state index in [1.807, 2.05) is 20.8 Å². The van der Waals surface area contributed by atoms with Crippen LogP contribution in [0.2, 0.25) is 0 Å². The van der Waals surface area contributed by atoms with Crippen LogP contribution in [0, 0.1) is 20.8 Å². The molecule has 0 aliphatic carbocycles. The Morgan fingerprint density at radius 1 is 0.377 bits per heavy atom. The van der Waals surface area contributed by atoms with Crippen molar-refractivity contribution in [2.24, 2.45) is 0 Å². The van der Waals surface area contributed by atoms with Crippen molar-refractivity contribution >= 4 is 30.1 Å². The minimum absolute atomic E-state index is 0.0734. The van der Waals surface area contributed by atoms with E-state index in [4.69, 9.17) is 15.0 Å². The normalized spacial score (nSPS) is 16.0. The van der Waals surface area contributed by atoms with Gasteiger partial charge in [-0.1, -0.05) is 71.3 Å². The standard InChI is InChI=1S/C44H48N8O6S3/c1-33-13-19-42(20-14-33)59(53,54)50-27-38-9-4-7-36(47-38)25-45-31-51(60(55,56)43-21-15-34(2)16-22-43)29-40-11-6-12-41(49-40)30-52(61(57,58)44-23-17-35(3)18-24-44)32-46-26-37-8-5-10-39(28-50)48-37/h4-24,45-46H,25-32H2,1-3H3. The van der Waals surface area contributed by atoms with E-state index in [-0.39, 0.29) is 67.3 Å². The molecule has 318 valence electrons. The number of benzene rings is 3. The van der Waals surface area contributed by atoms with Crippen LogP contribution >= 0.6 is 0 Å². The van der Waals surface area contributed by atoms with Gasteiger partial charge in [-0.15, -0.1) is 0 Å². The molecule has 0 atom stereocenters. The molecule has 1 aliphatic heterocycles. The summed E-state index contributed by atoms with van der Waals surface area (Å²) in [5, 5.41) is 6.44. The first kappa shape index (κ1) is 43.8. The predicted molar refractivity (Wildman–Crippen MR) is 232 cm³/mol. The van der Waals surface area contributed by atoms with Gasteiger partial charge in [-0.25, -0.2) is 25.3 Å². The van der Waals surface area contributed by atoms with E-state index in [0.717, 1.165) is 16.7 Å². The smallest absolute Gasteiger partial charge is 0.244 e. The summed E-state index contributed by atoms with van der Waals surface area (Å²) < 4.78 is 89.2. The number of rotatable bonds is 6.